The molecule has 3 rings (SSSR count). The van der Waals surface area contributed by atoms with Crippen molar-refractivity contribution in [2.45, 2.75) is 13.5 Å². The molecule has 0 aliphatic carbocycles. The SMILES string of the molecule is CCn1cc(NC(=O)c2ccc(OC)c(OC)c2OC)c(C(=O)Nc2ccccc2)n1. The number of hydrogen-bond acceptors (Lipinski definition) is 6. The third-order valence-electron chi connectivity index (χ3n) is 4.53. The molecule has 0 bridgehead atoms. The van der Waals surface area contributed by atoms with Gasteiger partial charge >= 0.3 is 0 Å². The Morgan fingerprint density at radius 3 is 2.23 bits per heavy atom. The van der Waals surface area contributed by atoms with Gasteiger partial charge in [-0.25, -0.2) is 0 Å². The van der Waals surface area contributed by atoms with E-state index >= 15 is 0 Å². The van der Waals surface area contributed by atoms with E-state index in [1.54, 1.807) is 35.1 Å². The van der Waals surface area contributed by atoms with Crippen LogP contribution in [0.4, 0.5) is 11.4 Å². The summed E-state index contributed by atoms with van der Waals surface area (Å²) in [6, 6.07) is 12.2. The second-order valence-electron chi connectivity index (χ2n) is 6.40. The number of anilines is 2. The van der Waals surface area contributed by atoms with Crippen LogP contribution in [0.5, 0.6) is 17.2 Å². The Bertz CT molecular complexity index is 1080. The zero-order valence-corrected chi connectivity index (χ0v) is 17.8. The van der Waals surface area contributed by atoms with E-state index in [1.807, 2.05) is 25.1 Å². The summed E-state index contributed by atoms with van der Waals surface area (Å²) in [6.07, 6.45) is 1.60. The van der Waals surface area contributed by atoms with Gasteiger partial charge in [-0.15, -0.1) is 0 Å². The zero-order valence-electron chi connectivity index (χ0n) is 17.8. The van der Waals surface area contributed by atoms with Crippen molar-refractivity contribution >= 4 is 23.2 Å². The maximum Gasteiger partial charge on any atom is 0.278 e. The van der Waals surface area contributed by atoms with E-state index < -0.39 is 11.8 Å². The van der Waals surface area contributed by atoms with Crippen molar-refractivity contribution < 1.29 is 23.8 Å². The molecule has 31 heavy (non-hydrogen) atoms. The molecule has 0 aliphatic heterocycles. The lowest BCUT2D eigenvalue weighted by Gasteiger charge is -2.15. The minimum Gasteiger partial charge on any atom is -0.493 e. The molecule has 2 N–H and O–H groups in total. The van der Waals surface area contributed by atoms with Gasteiger partial charge in [-0.2, -0.15) is 5.10 Å². The molecule has 0 unspecified atom stereocenters. The van der Waals surface area contributed by atoms with E-state index in [9.17, 15) is 9.59 Å². The number of ether oxygens (including phenoxy) is 3. The molecule has 0 radical (unpaired) electrons. The summed E-state index contributed by atoms with van der Waals surface area (Å²) in [7, 11) is 4.38. The monoisotopic (exact) mass is 424 g/mol. The summed E-state index contributed by atoms with van der Waals surface area (Å²) in [5.41, 5.74) is 1.21. The molecule has 162 valence electrons. The molecule has 0 fully saturated rings. The molecular formula is C22H24N4O5. The van der Waals surface area contributed by atoms with Crippen molar-refractivity contribution in [3.05, 3.63) is 59.9 Å². The molecule has 2 aromatic carbocycles. The second kappa shape index (κ2) is 9.66. The molecule has 1 aromatic heterocycles. The molecule has 0 aliphatic rings. The maximum absolute atomic E-state index is 13.0. The van der Waals surface area contributed by atoms with E-state index in [-0.39, 0.29) is 22.7 Å². The molecular weight excluding hydrogens is 400 g/mol. The highest BCUT2D eigenvalue weighted by Crippen LogP contribution is 2.40. The van der Waals surface area contributed by atoms with E-state index in [1.165, 1.54) is 21.3 Å². The van der Waals surface area contributed by atoms with E-state index in [4.69, 9.17) is 14.2 Å². The zero-order chi connectivity index (χ0) is 22.4. The van der Waals surface area contributed by atoms with Gasteiger partial charge in [0.25, 0.3) is 11.8 Å². The Kier molecular flexibility index (Phi) is 6.76. The number of aromatic nitrogens is 2. The number of nitrogens with zero attached hydrogens (tertiary/aromatic N) is 2. The smallest absolute Gasteiger partial charge is 0.278 e. The number of aryl methyl sites for hydroxylation is 1. The Labute approximate surface area is 179 Å². The molecule has 9 nitrogen and oxygen atoms in total. The van der Waals surface area contributed by atoms with Crippen molar-refractivity contribution in [1.82, 2.24) is 9.78 Å². The molecule has 3 aromatic rings. The van der Waals surface area contributed by atoms with Crippen LogP contribution < -0.4 is 24.8 Å². The fourth-order valence-electron chi connectivity index (χ4n) is 3.02. The van der Waals surface area contributed by atoms with Crippen LogP contribution in [0, 0.1) is 0 Å². The number of nitrogens with one attached hydrogen (secondary N) is 2. The fourth-order valence-corrected chi connectivity index (χ4v) is 3.02. The van der Waals surface area contributed by atoms with Gasteiger partial charge in [0, 0.05) is 18.4 Å². The first kappa shape index (κ1) is 21.7. The van der Waals surface area contributed by atoms with Crippen LogP contribution in [0.1, 0.15) is 27.8 Å². The normalized spacial score (nSPS) is 10.3. The van der Waals surface area contributed by atoms with Gasteiger partial charge in [-0.05, 0) is 31.2 Å². The van der Waals surface area contributed by atoms with Crippen molar-refractivity contribution in [2.24, 2.45) is 0 Å². The van der Waals surface area contributed by atoms with Crippen LogP contribution >= 0.6 is 0 Å². The third-order valence-corrected chi connectivity index (χ3v) is 4.53. The van der Waals surface area contributed by atoms with Gasteiger partial charge in [0.05, 0.1) is 32.6 Å². The molecule has 0 spiro atoms. The van der Waals surface area contributed by atoms with Crippen LogP contribution in [-0.2, 0) is 6.54 Å². The van der Waals surface area contributed by atoms with Gasteiger partial charge < -0.3 is 24.8 Å². The topological polar surface area (TPSA) is 104 Å². The number of methoxy groups -OCH3 is 3. The number of amides is 2. The van der Waals surface area contributed by atoms with Crippen LogP contribution in [0.3, 0.4) is 0 Å². The van der Waals surface area contributed by atoms with Crippen molar-refractivity contribution in [2.75, 3.05) is 32.0 Å². The van der Waals surface area contributed by atoms with Gasteiger partial charge in [0.1, 0.15) is 0 Å². The summed E-state index contributed by atoms with van der Waals surface area (Å²) in [5, 5.41) is 9.82. The molecule has 2 amide bonds. The first-order chi connectivity index (χ1) is 15.0. The lowest BCUT2D eigenvalue weighted by Crippen LogP contribution is -2.18. The number of hydrogen-bond donors (Lipinski definition) is 2. The van der Waals surface area contributed by atoms with Crippen molar-refractivity contribution in [1.29, 1.82) is 0 Å². The average molecular weight is 424 g/mol. The summed E-state index contributed by atoms with van der Waals surface area (Å²) in [4.78, 5) is 25.8. The number of carbonyl (C=O) groups excluding carboxylic acids is 2. The van der Waals surface area contributed by atoms with Gasteiger partial charge in [0.2, 0.25) is 5.75 Å². The maximum atomic E-state index is 13.0. The van der Waals surface area contributed by atoms with Gasteiger partial charge in [0.15, 0.2) is 17.2 Å². The lowest BCUT2D eigenvalue weighted by molar-refractivity contribution is 0.102. The number of rotatable bonds is 8. The van der Waals surface area contributed by atoms with Gasteiger partial charge in [-0.3, -0.25) is 14.3 Å². The number of carbonyl (C=O) groups is 2. The van der Waals surface area contributed by atoms with E-state index in [0.29, 0.717) is 23.7 Å². The molecule has 0 saturated heterocycles. The first-order valence-electron chi connectivity index (χ1n) is 9.56. The Balaban J connectivity index is 1.91. The molecule has 0 saturated carbocycles. The highest BCUT2D eigenvalue weighted by atomic mass is 16.5. The number of benzene rings is 2. The van der Waals surface area contributed by atoms with E-state index in [2.05, 4.69) is 15.7 Å². The fraction of sp³-hybridized carbons (Fsp3) is 0.227. The largest absolute Gasteiger partial charge is 0.493 e. The Morgan fingerprint density at radius 2 is 1.61 bits per heavy atom. The molecule has 9 heteroatoms. The second-order valence-corrected chi connectivity index (χ2v) is 6.40. The lowest BCUT2D eigenvalue weighted by atomic mass is 10.1. The van der Waals surface area contributed by atoms with Crippen LogP contribution in [-0.4, -0.2) is 42.9 Å². The summed E-state index contributed by atoms with van der Waals surface area (Å²) in [6.45, 7) is 2.41. The number of para-hydroxylation sites is 1. The predicted molar refractivity (Wildman–Crippen MR) is 116 cm³/mol. The predicted octanol–water partition coefficient (Wildman–Crippen LogP) is 3.43. The van der Waals surface area contributed by atoms with Crippen LogP contribution in [0.25, 0.3) is 0 Å². The minimum absolute atomic E-state index is 0.0958. The summed E-state index contributed by atoms with van der Waals surface area (Å²) < 4.78 is 17.5. The molecule has 0 atom stereocenters. The minimum atomic E-state index is -0.484. The highest BCUT2D eigenvalue weighted by molar-refractivity contribution is 6.12. The van der Waals surface area contributed by atoms with Crippen LogP contribution in [0.2, 0.25) is 0 Å². The van der Waals surface area contributed by atoms with Gasteiger partial charge in [-0.1, -0.05) is 18.2 Å². The summed E-state index contributed by atoms with van der Waals surface area (Å²) >= 11 is 0. The first-order valence-corrected chi connectivity index (χ1v) is 9.56. The third kappa shape index (κ3) is 4.61. The standard InChI is InChI=1S/C22H24N4O5/c1-5-26-13-16(18(25-26)22(28)23-14-9-7-6-8-10-14)24-21(27)15-11-12-17(29-2)20(31-4)19(15)30-3/h6-13H,5H2,1-4H3,(H,23,28)(H,24,27). The quantitative estimate of drug-likeness (QED) is 0.574. The molecule has 1 heterocycles. The highest BCUT2D eigenvalue weighted by Gasteiger charge is 2.24. The van der Waals surface area contributed by atoms with E-state index in [0.717, 1.165) is 0 Å². The summed E-state index contributed by atoms with van der Waals surface area (Å²) in [5.74, 6) is 0.0225. The van der Waals surface area contributed by atoms with Crippen molar-refractivity contribution in [3.8, 4) is 17.2 Å². The average Bonchev–Trinajstić information content (AvgIpc) is 3.21. The van der Waals surface area contributed by atoms with Crippen molar-refractivity contribution in [3.63, 3.8) is 0 Å². The van der Waals surface area contributed by atoms with Crippen LogP contribution in [0.15, 0.2) is 48.7 Å². The Morgan fingerprint density at radius 1 is 0.903 bits per heavy atom. The Hall–Kier alpha value is -4.01.